The lowest BCUT2D eigenvalue weighted by Gasteiger charge is -2.19. The number of rotatable bonds is 2. The summed E-state index contributed by atoms with van der Waals surface area (Å²) in [5, 5.41) is 0. The molecule has 3 rings (SSSR count). The van der Waals surface area contributed by atoms with Crippen LogP contribution in [0.5, 0.6) is 5.75 Å². The summed E-state index contributed by atoms with van der Waals surface area (Å²) in [6.45, 7) is 2.51. The van der Waals surface area contributed by atoms with Crippen LogP contribution in [0.4, 0.5) is 0 Å². The molecule has 0 aromatic heterocycles. The zero-order chi connectivity index (χ0) is 11.8. The molecule has 0 radical (unpaired) electrons. The fourth-order valence-corrected chi connectivity index (χ4v) is 4.38. The molecule has 2 nitrogen and oxygen atoms in total. The number of ether oxygens (including phenoxy) is 1. The molecule has 0 aliphatic carbocycles. The quantitative estimate of drug-likeness (QED) is 0.799. The smallest absolute Gasteiger partial charge is 0.119 e. The molecule has 3 heteroatoms. The zero-order valence-electron chi connectivity index (χ0n) is 10.5. The maximum atomic E-state index is 5.35. The number of hydrogen-bond donors (Lipinski definition) is 0. The molecule has 2 atom stereocenters. The minimum atomic E-state index is 0.732. The number of nitrogens with zero attached hydrogens (tertiary/aromatic N) is 1. The monoisotopic (exact) mass is 249 g/mol. The van der Waals surface area contributed by atoms with E-state index in [-0.39, 0.29) is 0 Å². The average molecular weight is 249 g/mol. The van der Waals surface area contributed by atoms with Gasteiger partial charge in [-0.2, -0.15) is 0 Å². The largest absolute Gasteiger partial charge is 0.497 e. The van der Waals surface area contributed by atoms with Crippen LogP contribution in [0.2, 0.25) is 0 Å². The molecule has 17 heavy (non-hydrogen) atoms. The SMILES string of the molecule is COc1ccc2c(c1)C(C1CCN(C)C1)CS2. The second-order valence-corrected chi connectivity index (χ2v) is 6.19. The van der Waals surface area contributed by atoms with E-state index in [4.69, 9.17) is 4.74 Å². The summed E-state index contributed by atoms with van der Waals surface area (Å²) in [6.07, 6.45) is 1.35. The Bertz CT molecular complexity index is 421. The highest BCUT2D eigenvalue weighted by molar-refractivity contribution is 7.99. The lowest BCUT2D eigenvalue weighted by Crippen LogP contribution is -2.18. The second-order valence-electron chi connectivity index (χ2n) is 5.13. The molecule has 1 saturated heterocycles. The van der Waals surface area contributed by atoms with Crippen LogP contribution in [-0.2, 0) is 0 Å². The molecule has 1 fully saturated rings. The lowest BCUT2D eigenvalue weighted by atomic mass is 9.87. The fraction of sp³-hybridized carbons (Fsp3) is 0.571. The molecule has 0 amide bonds. The highest BCUT2D eigenvalue weighted by Crippen LogP contribution is 2.46. The van der Waals surface area contributed by atoms with E-state index >= 15 is 0 Å². The van der Waals surface area contributed by atoms with Gasteiger partial charge in [0.15, 0.2) is 0 Å². The molecule has 0 saturated carbocycles. The van der Waals surface area contributed by atoms with Crippen molar-refractivity contribution in [2.45, 2.75) is 17.2 Å². The van der Waals surface area contributed by atoms with Crippen molar-refractivity contribution in [2.75, 3.05) is 33.0 Å². The molecule has 1 aromatic rings. The molecule has 92 valence electrons. The molecule has 2 unspecified atom stereocenters. The van der Waals surface area contributed by atoms with Crippen LogP contribution in [0.1, 0.15) is 17.9 Å². The van der Waals surface area contributed by atoms with Gasteiger partial charge in [-0.25, -0.2) is 0 Å². The van der Waals surface area contributed by atoms with Crippen LogP contribution in [0.15, 0.2) is 23.1 Å². The van der Waals surface area contributed by atoms with E-state index in [0.29, 0.717) is 0 Å². The van der Waals surface area contributed by atoms with Gasteiger partial charge in [0, 0.05) is 17.2 Å². The Hall–Kier alpha value is -0.670. The predicted octanol–water partition coefficient (Wildman–Crippen LogP) is 2.84. The lowest BCUT2D eigenvalue weighted by molar-refractivity contribution is 0.378. The van der Waals surface area contributed by atoms with E-state index in [1.807, 2.05) is 11.8 Å². The summed E-state index contributed by atoms with van der Waals surface area (Å²) in [7, 11) is 3.98. The van der Waals surface area contributed by atoms with E-state index in [9.17, 15) is 0 Å². The maximum absolute atomic E-state index is 5.35. The van der Waals surface area contributed by atoms with Crippen LogP contribution in [0.3, 0.4) is 0 Å². The Balaban J connectivity index is 1.87. The highest BCUT2D eigenvalue weighted by atomic mass is 32.2. The molecule has 1 aromatic carbocycles. The first kappa shape index (κ1) is 11.4. The van der Waals surface area contributed by atoms with E-state index in [1.165, 1.54) is 35.7 Å². The topological polar surface area (TPSA) is 12.5 Å². The van der Waals surface area contributed by atoms with Crippen molar-refractivity contribution in [1.29, 1.82) is 0 Å². The van der Waals surface area contributed by atoms with Gasteiger partial charge in [0.2, 0.25) is 0 Å². The average Bonchev–Trinajstić information content (AvgIpc) is 2.93. The van der Waals surface area contributed by atoms with Gasteiger partial charge in [0.05, 0.1) is 7.11 Å². The van der Waals surface area contributed by atoms with Gasteiger partial charge >= 0.3 is 0 Å². The normalized spacial score (nSPS) is 28.4. The molecule has 0 spiro atoms. The third kappa shape index (κ3) is 2.06. The van der Waals surface area contributed by atoms with Crippen molar-refractivity contribution in [3.63, 3.8) is 0 Å². The van der Waals surface area contributed by atoms with Gasteiger partial charge in [-0.3, -0.25) is 0 Å². The molecule has 2 heterocycles. The minimum Gasteiger partial charge on any atom is -0.497 e. The Labute approximate surface area is 107 Å². The molecule has 0 N–H and O–H groups in total. The van der Waals surface area contributed by atoms with E-state index in [1.54, 1.807) is 7.11 Å². The van der Waals surface area contributed by atoms with E-state index < -0.39 is 0 Å². The predicted molar refractivity (Wildman–Crippen MR) is 72.1 cm³/mol. The summed E-state index contributed by atoms with van der Waals surface area (Å²) < 4.78 is 5.35. The van der Waals surface area contributed by atoms with Crippen molar-refractivity contribution in [2.24, 2.45) is 5.92 Å². The summed E-state index contributed by atoms with van der Waals surface area (Å²) in [5.41, 5.74) is 1.52. The highest BCUT2D eigenvalue weighted by Gasteiger charge is 2.33. The first-order valence-electron chi connectivity index (χ1n) is 6.27. The summed E-state index contributed by atoms with van der Waals surface area (Å²) in [5.74, 6) is 3.82. The van der Waals surface area contributed by atoms with Crippen molar-refractivity contribution < 1.29 is 4.74 Å². The van der Waals surface area contributed by atoms with Gasteiger partial charge < -0.3 is 9.64 Å². The van der Waals surface area contributed by atoms with Gasteiger partial charge in [-0.05, 0) is 55.6 Å². The standard InChI is InChI=1S/C14H19NOS/c1-15-6-5-10(8-15)13-9-17-14-4-3-11(16-2)7-12(13)14/h3-4,7,10,13H,5-6,8-9H2,1-2H3. The molecular weight excluding hydrogens is 230 g/mol. The van der Waals surface area contributed by atoms with Crippen molar-refractivity contribution >= 4 is 11.8 Å². The Morgan fingerprint density at radius 1 is 1.41 bits per heavy atom. The van der Waals surface area contributed by atoms with Gasteiger partial charge in [-0.15, -0.1) is 11.8 Å². The molecular formula is C14H19NOS. The first-order chi connectivity index (χ1) is 8.28. The molecule has 0 bridgehead atoms. The van der Waals surface area contributed by atoms with Gasteiger partial charge in [-0.1, -0.05) is 0 Å². The number of hydrogen-bond acceptors (Lipinski definition) is 3. The van der Waals surface area contributed by atoms with Crippen LogP contribution in [-0.4, -0.2) is 37.9 Å². The van der Waals surface area contributed by atoms with E-state index in [2.05, 4.69) is 30.1 Å². The fourth-order valence-electron chi connectivity index (χ4n) is 3.03. The number of likely N-dealkylation sites (tertiary alicyclic amines) is 1. The summed E-state index contributed by atoms with van der Waals surface area (Å²) in [4.78, 5) is 3.92. The van der Waals surface area contributed by atoms with Crippen LogP contribution < -0.4 is 4.74 Å². The van der Waals surface area contributed by atoms with Crippen LogP contribution in [0.25, 0.3) is 0 Å². The number of thioether (sulfide) groups is 1. The first-order valence-corrected chi connectivity index (χ1v) is 7.26. The summed E-state index contributed by atoms with van der Waals surface area (Å²) >= 11 is 2.01. The zero-order valence-corrected chi connectivity index (χ0v) is 11.3. The van der Waals surface area contributed by atoms with E-state index in [0.717, 1.165) is 17.6 Å². The Morgan fingerprint density at radius 3 is 3.00 bits per heavy atom. The third-order valence-corrected chi connectivity index (χ3v) is 5.24. The Morgan fingerprint density at radius 2 is 2.29 bits per heavy atom. The third-order valence-electron chi connectivity index (χ3n) is 4.03. The number of benzene rings is 1. The number of methoxy groups -OCH3 is 1. The van der Waals surface area contributed by atoms with Gasteiger partial charge in [0.1, 0.15) is 5.75 Å². The minimum absolute atomic E-state index is 0.732. The Kier molecular flexibility index (Phi) is 3.05. The van der Waals surface area contributed by atoms with Crippen LogP contribution in [0, 0.1) is 5.92 Å². The number of fused-ring (bicyclic) bond motifs is 1. The van der Waals surface area contributed by atoms with Crippen molar-refractivity contribution in [3.8, 4) is 5.75 Å². The van der Waals surface area contributed by atoms with Crippen molar-refractivity contribution in [1.82, 2.24) is 4.90 Å². The van der Waals surface area contributed by atoms with Gasteiger partial charge in [0.25, 0.3) is 0 Å². The van der Waals surface area contributed by atoms with Crippen molar-refractivity contribution in [3.05, 3.63) is 23.8 Å². The summed E-state index contributed by atoms with van der Waals surface area (Å²) in [6, 6.07) is 6.55. The molecule has 2 aliphatic heterocycles. The molecule has 2 aliphatic rings. The second kappa shape index (κ2) is 4.54. The van der Waals surface area contributed by atoms with Crippen LogP contribution >= 0.6 is 11.8 Å². The maximum Gasteiger partial charge on any atom is 0.119 e.